The van der Waals surface area contributed by atoms with E-state index in [1.807, 2.05) is 54.6 Å². The molecule has 25 heavy (non-hydrogen) atoms. The Morgan fingerprint density at radius 2 is 1.68 bits per heavy atom. The summed E-state index contributed by atoms with van der Waals surface area (Å²) < 4.78 is 5.15. The SMILES string of the molecule is O=C(NCCC#Cc1cccc2ccccc12)OCc1ccccc1. The molecule has 3 aromatic carbocycles. The fourth-order valence-corrected chi connectivity index (χ4v) is 2.49. The van der Waals surface area contributed by atoms with Crippen molar-refractivity contribution >= 4 is 16.9 Å². The number of benzene rings is 3. The van der Waals surface area contributed by atoms with Gasteiger partial charge in [-0.2, -0.15) is 0 Å². The molecule has 0 atom stereocenters. The molecule has 0 aromatic heterocycles. The van der Waals surface area contributed by atoms with Gasteiger partial charge in [-0.15, -0.1) is 0 Å². The summed E-state index contributed by atoms with van der Waals surface area (Å²) in [6.07, 6.45) is 0.153. The van der Waals surface area contributed by atoms with Gasteiger partial charge in [0, 0.05) is 18.5 Å². The van der Waals surface area contributed by atoms with Crippen LogP contribution >= 0.6 is 0 Å². The van der Waals surface area contributed by atoms with Gasteiger partial charge in [-0.25, -0.2) is 4.79 Å². The smallest absolute Gasteiger partial charge is 0.407 e. The topological polar surface area (TPSA) is 38.3 Å². The van der Waals surface area contributed by atoms with E-state index in [1.165, 1.54) is 5.39 Å². The van der Waals surface area contributed by atoms with E-state index in [9.17, 15) is 4.79 Å². The molecule has 0 aliphatic rings. The fourth-order valence-electron chi connectivity index (χ4n) is 2.49. The van der Waals surface area contributed by atoms with Gasteiger partial charge in [0.15, 0.2) is 0 Å². The number of amides is 1. The molecule has 0 radical (unpaired) electrons. The molecule has 0 heterocycles. The van der Waals surface area contributed by atoms with E-state index in [0.717, 1.165) is 16.5 Å². The lowest BCUT2D eigenvalue weighted by Crippen LogP contribution is -2.24. The summed E-state index contributed by atoms with van der Waals surface area (Å²) in [7, 11) is 0. The van der Waals surface area contributed by atoms with Crippen molar-refractivity contribution < 1.29 is 9.53 Å². The zero-order valence-corrected chi connectivity index (χ0v) is 13.9. The average molecular weight is 329 g/mol. The van der Waals surface area contributed by atoms with Crippen molar-refractivity contribution in [3.63, 3.8) is 0 Å². The number of ether oxygens (including phenoxy) is 1. The second kappa shape index (κ2) is 8.56. The third-order valence-electron chi connectivity index (χ3n) is 3.74. The van der Waals surface area contributed by atoms with Crippen molar-refractivity contribution in [3.8, 4) is 11.8 Å². The van der Waals surface area contributed by atoms with Crippen LogP contribution in [0.15, 0.2) is 72.8 Å². The first kappa shape index (κ1) is 16.6. The first-order valence-electron chi connectivity index (χ1n) is 8.24. The molecule has 3 aromatic rings. The fraction of sp³-hybridized carbons (Fsp3) is 0.136. The summed E-state index contributed by atoms with van der Waals surface area (Å²) in [6.45, 7) is 0.736. The zero-order valence-electron chi connectivity index (χ0n) is 13.9. The number of carbonyl (C=O) groups excluding carboxylic acids is 1. The molecule has 0 aliphatic heterocycles. The van der Waals surface area contributed by atoms with Crippen LogP contribution in [0.5, 0.6) is 0 Å². The van der Waals surface area contributed by atoms with Gasteiger partial charge in [0.1, 0.15) is 6.61 Å². The third kappa shape index (κ3) is 4.86. The minimum atomic E-state index is -0.421. The lowest BCUT2D eigenvalue weighted by molar-refractivity contribution is 0.140. The summed E-state index contributed by atoms with van der Waals surface area (Å²) in [4.78, 5) is 11.6. The minimum absolute atomic E-state index is 0.272. The van der Waals surface area contributed by atoms with Gasteiger partial charge in [0.25, 0.3) is 0 Å². The van der Waals surface area contributed by atoms with Crippen LogP contribution < -0.4 is 5.32 Å². The molecule has 0 saturated heterocycles. The van der Waals surface area contributed by atoms with Gasteiger partial charge in [-0.3, -0.25) is 0 Å². The number of alkyl carbamates (subject to hydrolysis) is 1. The van der Waals surface area contributed by atoms with Gasteiger partial charge in [0.2, 0.25) is 0 Å². The second-order valence-electron chi connectivity index (χ2n) is 5.57. The molecule has 0 spiro atoms. The molecular weight excluding hydrogens is 310 g/mol. The van der Waals surface area contributed by atoms with E-state index in [4.69, 9.17) is 4.74 Å². The Hall–Kier alpha value is -3.25. The Morgan fingerprint density at radius 1 is 0.920 bits per heavy atom. The summed E-state index contributed by atoms with van der Waals surface area (Å²) in [5.74, 6) is 6.28. The quantitative estimate of drug-likeness (QED) is 0.565. The van der Waals surface area contributed by atoms with Crippen LogP contribution in [0, 0.1) is 11.8 Å². The number of rotatable bonds is 4. The maximum Gasteiger partial charge on any atom is 0.407 e. The number of carbonyl (C=O) groups is 1. The lowest BCUT2D eigenvalue weighted by atomic mass is 10.1. The Kier molecular flexibility index (Phi) is 5.68. The Bertz CT molecular complexity index is 902. The molecule has 1 N–H and O–H groups in total. The molecule has 3 heteroatoms. The third-order valence-corrected chi connectivity index (χ3v) is 3.74. The number of hydrogen-bond donors (Lipinski definition) is 1. The van der Waals surface area contributed by atoms with Crippen molar-refractivity contribution in [1.29, 1.82) is 0 Å². The van der Waals surface area contributed by atoms with Gasteiger partial charge in [0.05, 0.1) is 0 Å². The van der Waals surface area contributed by atoms with Crippen molar-refractivity contribution in [1.82, 2.24) is 5.32 Å². The van der Waals surface area contributed by atoms with Crippen LogP contribution in [0.3, 0.4) is 0 Å². The highest BCUT2D eigenvalue weighted by molar-refractivity contribution is 5.88. The predicted molar refractivity (Wildman–Crippen MR) is 100 cm³/mol. The van der Waals surface area contributed by atoms with Crippen molar-refractivity contribution in [3.05, 3.63) is 83.9 Å². The minimum Gasteiger partial charge on any atom is -0.445 e. The van der Waals surface area contributed by atoms with Crippen LogP contribution in [0.4, 0.5) is 4.79 Å². The molecule has 0 aliphatic carbocycles. The van der Waals surface area contributed by atoms with E-state index < -0.39 is 6.09 Å². The van der Waals surface area contributed by atoms with Crippen LogP contribution in [-0.2, 0) is 11.3 Å². The Morgan fingerprint density at radius 3 is 2.56 bits per heavy atom. The highest BCUT2D eigenvalue weighted by Gasteiger charge is 2.01. The molecule has 0 unspecified atom stereocenters. The molecule has 3 rings (SSSR count). The van der Waals surface area contributed by atoms with Gasteiger partial charge < -0.3 is 10.1 Å². The summed E-state index contributed by atoms with van der Waals surface area (Å²) in [6, 6.07) is 23.9. The van der Waals surface area contributed by atoms with Crippen LogP contribution in [0.2, 0.25) is 0 Å². The normalized spacial score (nSPS) is 9.92. The highest BCUT2D eigenvalue weighted by Crippen LogP contribution is 2.17. The molecule has 0 bridgehead atoms. The van der Waals surface area contributed by atoms with Crippen LogP contribution in [-0.4, -0.2) is 12.6 Å². The number of nitrogens with one attached hydrogen (secondary N) is 1. The number of fused-ring (bicyclic) bond motifs is 1. The van der Waals surface area contributed by atoms with Crippen molar-refractivity contribution in [2.24, 2.45) is 0 Å². The van der Waals surface area contributed by atoms with Gasteiger partial charge in [-0.05, 0) is 22.4 Å². The van der Waals surface area contributed by atoms with Crippen LogP contribution in [0.1, 0.15) is 17.5 Å². The predicted octanol–water partition coefficient (Wildman–Crippen LogP) is 4.51. The van der Waals surface area contributed by atoms with Crippen LogP contribution in [0.25, 0.3) is 10.8 Å². The summed E-state index contributed by atoms with van der Waals surface area (Å²) in [5.41, 5.74) is 1.97. The number of hydrogen-bond acceptors (Lipinski definition) is 2. The monoisotopic (exact) mass is 329 g/mol. The molecule has 124 valence electrons. The van der Waals surface area contributed by atoms with E-state index in [2.05, 4.69) is 35.4 Å². The standard InChI is InChI=1S/C22H19NO2/c24-22(25-17-18-9-2-1-3-10-18)23-16-7-6-12-20-14-8-13-19-11-4-5-15-21(19)20/h1-5,8-11,13-15H,7,16-17H2,(H,23,24). The Labute approximate surface area is 147 Å². The molecule has 1 amide bonds. The van der Waals surface area contributed by atoms with E-state index in [1.54, 1.807) is 0 Å². The van der Waals surface area contributed by atoms with Crippen molar-refractivity contribution in [2.45, 2.75) is 13.0 Å². The van der Waals surface area contributed by atoms with E-state index >= 15 is 0 Å². The maximum absolute atomic E-state index is 11.6. The van der Waals surface area contributed by atoms with Crippen molar-refractivity contribution in [2.75, 3.05) is 6.54 Å². The summed E-state index contributed by atoms with van der Waals surface area (Å²) in [5, 5.41) is 5.04. The average Bonchev–Trinajstić information content (AvgIpc) is 2.67. The van der Waals surface area contributed by atoms with Gasteiger partial charge >= 0.3 is 6.09 Å². The zero-order chi connectivity index (χ0) is 17.3. The second-order valence-corrected chi connectivity index (χ2v) is 5.57. The first-order valence-corrected chi connectivity index (χ1v) is 8.24. The lowest BCUT2D eigenvalue weighted by Gasteiger charge is -2.05. The van der Waals surface area contributed by atoms with E-state index in [-0.39, 0.29) is 6.61 Å². The molecule has 0 saturated carbocycles. The maximum atomic E-state index is 11.6. The molecule has 0 fully saturated rings. The summed E-state index contributed by atoms with van der Waals surface area (Å²) >= 11 is 0. The van der Waals surface area contributed by atoms with E-state index in [0.29, 0.717) is 13.0 Å². The highest BCUT2D eigenvalue weighted by atomic mass is 16.5. The Balaban J connectivity index is 1.45. The largest absolute Gasteiger partial charge is 0.445 e. The van der Waals surface area contributed by atoms with Gasteiger partial charge in [-0.1, -0.05) is 78.6 Å². The molecule has 3 nitrogen and oxygen atoms in total. The first-order chi connectivity index (χ1) is 12.3. The molecular formula is C22H19NO2.